The zero-order valence-corrected chi connectivity index (χ0v) is 11.6. The molecule has 21 heavy (non-hydrogen) atoms. The zero-order chi connectivity index (χ0) is 15.3. The maximum absolute atomic E-state index is 12.7. The summed E-state index contributed by atoms with van der Waals surface area (Å²) in [4.78, 5) is 6.11. The number of hydrazine groups is 1. The largest absolute Gasteiger partial charge is 0.476 e. The van der Waals surface area contributed by atoms with E-state index in [0.717, 1.165) is 38.1 Å². The summed E-state index contributed by atoms with van der Waals surface area (Å²) < 4.78 is 43.5. The number of rotatable bonds is 5. The monoisotopic (exact) mass is 304 g/mol. The molecule has 1 fully saturated rings. The number of pyridine rings is 1. The van der Waals surface area contributed by atoms with Gasteiger partial charge in [0.15, 0.2) is 0 Å². The van der Waals surface area contributed by atoms with Crippen LogP contribution >= 0.6 is 0 Å². The molecular weight excluding hydrogens is 285 g/mol. The van der Waals surface area contributed by atoms with Crippen molar-refractivity contribution in [3.05, 3.63) is 17.7 Å². The minimum atomic E-state index is -4.46. The lowest BCUT2D eigenvalue weighted by molar-refractivity contribution is -0.137. The van der Waals surface area contributed by atoms with Crippen LogP contribution in [0.5, 0.6) is 5.88 Å². The molecule has 2 rings (SSSR count). The SMILES string of the molecule is NNc1cc(C(F)(F)F)cc(OCCN2CCCCC2)n1. The van der Waals surface area contributed by atoms with E-state index in [1.807, 2.05) is 0 Å². The highest BCUT2D eigenvalue weighted by molar-refractivity contribution is 5.41. The molecule has 0 radical (unpaired) electrons. The van der Waals surface area contributed by atoms with E-state index in [2.05, 4.69) is 15.3 Å². The Labute approximate surface area is 121 Å². The lowest BCUT2D eigenvalue weighted by atomic mass is 10.1. The smallest absolute Gasteiger partial charge is 0.416 e. The molecule has 0 aliphatic carbocycles. The summed E-state index contributed by atoms with van der Waals surface area (Å²) >= 11 is 0. The molecule has 1 aliphatic rings. The van der Waals surface area contributed by atoms with Crippen molar-refractivity contribution in [3.8, 4) is 5.88 Å². The van der Waals surface area contributed by atoms with Gasteiger partial charge in [-0.15, -0.1) is 0 Å². The minimum Gasteiger partial charge on any atom is -0.476 e. The number of likely N-dealkylation sites (tertiary alicyclic amines) is 1. The second-order valence-corrected chi connectivity index (χ2v) is 4.97. The quantitative estimate of drug-likeness (QED) is 0.645. The van der Waals surface area contributed by atoms with Crippen molar-refractivity contribution < 1.29 is 17.9 Å². The summed E-state index contributed by atoms with van der Waals surface area (Å²) in [5.41, 5.74) is 1.28. The summed E-state index contributed by atoms with van der Waals surface area (Å²) in [5.74, 6) is 4.99. The van der Waals surface area contributed by atoms with Crippen molar-refractivity contribution in [2.75, 3.05) is 31.7 Å². The van der Waals surface area contributed by atoms with E-state index >= 15 is 0 Å². The number of halogens is 3. The molecule has 8 heteroatoms. The average molecular weight is 304 g/mol. The van der Waals surface area contributed by atoms with E-state index in [1.54, 1.807) is 0 Å². The van der Waals surface area contributed by atoms with Crippen molar-refractivity contribution in [2.45, 2.75) is 25.4 Å². The van der Waals surface area contributed by atoms with E-state index in [0.29, 0.717) is 13.2 Å². The van der Waals surface area contributed by atoms with Gasteiger partial charge in [0.1, 0.15) is 12.4 Å². The van der Waals surface area contributed by atoms with Gasteiger partial charge in [0.05, 0.1) is 5.56 Å². The highest BCUT2D eigenvalue weighted by Crippen LogP contribution is 2.32. The second-order valence-electron chi connectivity index (χ2n) is 4.97. The normalized spacial score (nSPS) is 16.8. The Morgan fingerprint density at radius 3 is 2.57 bits per heavy atom. The maximum atomic E-state index is 12.7. The molecular formula is C13H19F3N4O. The van der Waals surface area contributed by atoms with Gasteiger partial charge in [-0.2, -0.15) is 18.2 Å². The third kappa shape index (κ3) is 4.75. The molecule has 0 saturated carbocycles. The summed E-state index contributed by atoms with van der Waals surface area (Å²) in [6.07, 6.45) is -0.913. The molecule has 1 aromatic rings. The van der Waals surface area contributed by atoms with E-state index < -0.39 is 11.7 Å². The van der Waals surface area contributed by atoms with E-state index in [1.165, 1.54) is 6.42 Å². The fourth-order valence-electron chi connectivity index (χ4n) is 2.28. The van der Waals surface area contributed by atoms with Gasteiger partial charge in [-0.1, -0.05) is 6.42 Å². The molecule has 0 amide bonds. The molecule has 3 N–H and O–H groups in total. The van der Waals surface area contributed by atoms with Gasteiger partial charge in [0.25, 0.3) is 0 Å². The number of hydrogen-bond donors (Lipinski definition) is 2. The summed E-state index contributed by atoms with van der Waals surface area (Å²) in [5, 5.41) is 0. The number of aromatic nitrogens is 1. The van der Waals surface area contributed by atoms with Crippen LogP contribution < -0.4 is 16.0 Å². The second kappa shape index (κ2) is 6.95. The first-order valence-electron chi connectivity index (χ1n) is 6.90. The van der Waals surface area contributed by atoms with E-state index in [9.17, 15) is 13.2 Å². The molecule has 0 spiro atoms. The number of hydrogen-bond acceptors (Lipinski definition) is 5. The first kappa shape index (κ1) is 15.8. The van der Waals surface area contributed by atoms with Crippen LogP contribution in [-0.2, 0) is 6.18 Å². The lowest BCUT2D eigenvalue weighted by Gasteiger charge is -2.26. The van der Waals surface area contributed by atoms with Crippen molar-refractivity contribution in [2.24, 2.45) is 5.84 Å². The molecule has 5 nitrogen and oxygen atoms in total. The Morgan fingerprint density at radius 1 is 1.24 bits per heavy atom. The predicted molar refractivity (Wildman–Crippen MR) is 72.8 cm³/mol. The standard InChI is InChI=1S/C13H19F3N4O/c14-13(15,16)10-8-11(19-17)18-12(9-10)21-7-6-20-4-2-1-3-5-20/h8-9H,1-7,17H2,(H,18,19). The lowest BCUT2D eigenvalue weighted by Crippen LogP contribution is -2.33. The number of nitrogens with two attached hydrogens (primary N) is 1. The van der Waals surface area contributed by atoms with Gasteiger partial charge in [-0.3, -0.25) is 4.90 Å². The third-order valence-electron chi connectivity index (χ3n) is 3.38. The van der Waals surface area contributed by atoms with Crippen LogP contribution in [0.2, 0.25) is 0 Å². The number of alkyl halides is 3. The van der Waals surface area contributed by atoms with Gasteiger partial charge in [0.2, 0.25) is 5.88 Å². The molecule has 0 aromatic carbocycles. The van der Waals surface area contributed by atoms with Gasteiger partial charge in [0, 0.05) is 12.6 Å². The summed E-state index contributed by atoms with van der Waals surface area (Å²) in [6.45, 7) is 3.01. The first-order valence-corrected chi connectivity index (χ1v) is 6.90. The summed E-state index contributed by atoms with van der Waals surface area (Å²) in [7, 11) is 0. The Bertz CT molecular complexity index is 461. The van der Waals surface area contributed by atoms with Gasteiger partial charge in [-0.05, 0) is 32.0 Å². The van der Waals surface area contributed by atoms with Crippen LogP contribution in [0.4, 0.5) is 19.0 Å². The van der Waals surface area contributed by atoms with Gasteiger partial charge < -0.3 is 10.2 Å². The molecule has 1 saturated heterocycles. The highest BCUT2D eigenvalue weighted by atomic mass is 19.4. The van der Waals surface area contributed by atoms with Crippen LogP contribution in [-0.4, -0.2) is 36.1 Å². The molecule has 1 aliphatic heterocycles. The van der Waals surface area contributed by atoms with E-state index in [-0.39, 0.29) is 11.7 Å². The van der Waals surface area contributed by atoms with Crippen molar-refractivity contribution in [1.29, 1.82) is 0 Å². The molecule has 1 aromatic heterocycles. The fourth-order valence-corrected chi connectivity index (χ4v) is 2.28. The van der Waals surface area contributed by atoms with Crippen molar-refractivity contribution >= 4 is 5.82 Å². The molecule has 0 unspecified atom stereocenters. The number of piperidine rings is 1. The number of anilines is 1. The van der Waals surface area contributed by atoms with Crippen LogP contribution in [0.15, 0.2) is 12.1 Å². The minimum absolute atomic E-state index is 0.0715. The van der Waals surface area contributed by atoms with Crippen LogP contribution in [0, 0.1) is 0 Å². The zero-order valence-electron chi connectivity index (χ0n) is 11.6. The van der Waals surface area contributed by atoms with Crippen molar-refractivity contribution in [1.82, 2.24) is 9.88 Å². The highest BCUT2D eigenvalue weighted by Gasteiger charge is 2.32. The third-order valence-corrected chi connectivity index (χ3v) is 3.38. The van der Waals surface area contributed by atoms with Gasteiger partial charge >= 0.3 is 6.18 Å². The predicted octanol–water partition coefficient (Wildman–Crippen LogP) is 2.25. The van der Waals surface area contributed by atoms with Crippen LogP contribution in [0.1, 0.15) is 24.8 Å². The molecule has 0 bridgehead atoms. The number of nitrogens with one attached hydrogen (secondary N) is 1. The topological polar surface area (TPSA) is 63.4 Å². The van der Waals surface area contributed by atoms with Crippen molar-refractivity contribution in [3.63, 3.8) is 0 Å². The average Bonchev–Trinajstić information content (AvgIpc) is 2.47. The molecule has 118 valence electrons. The van der Waals surface area contributed by atoms with E-state index in [4.69, 9.17) is 10.6 Å². The molecule has 0 atom stereocenters. The Morgan fingerprint density at radius 2 is 1.95 bits per heavy atom. The van der Waals surface area contributed by atoms with Crippen LogP contribution in [0.3, 0.4) is 0 Å². The Balaban J connectivity index is 1.95. The number of ether oxygens (including phenoxy) is 1. The Kier molecular flexibility index (Phi) is 5.24. The Hall–Kier alpha value is -1.54. The first-order chi connectivity index (χ1) is 9.99. The number of nitrogens with zero attached hydrogens (tertiary/aromatic N) is 2. The van der Waals surface area contributed by atoms with Crippen LogP contribution in [0.25, 0.3) is 0 Å². The maximum Gasteiger partial charge on any atom is 0.416 e. The summed E-state index contributed by atoms with van der Waals surface area (Å²) in [6, 6.07) is 1.73. The molecule has 2 heterocycles. The number of nitrogen functional groups attached to an aromatic ring is 1. The fraction of sp³-hybridized carbons (Fsp3) is 0.615. The van der Waals surface area contributed by atoms with Gasteiger partial charge in [-0.25, -0.2) is 5.84 Å².